The molecule has 1 aliphatic heterocycles. The maximum atomic E-state index is 11.6. The van der Waals surface area contributed by atoms with Crippen molar-refractivity contribution in [3.05, 3.63) is 36.5 Å². The number of benzene rings is 1. The molecule has 1 aromatic carbocycles. The third kappa shape index (κ3) is 2.77. The van der Waals surface area contributed by atoms with Crippen molar-refractivity contribution in [2.75, 3.05) is 6.61 Å². The molecule has 1 aromatic heterocycles. The maximum absolute atomic E-state index is 11.6. The highest BCUT2D eigenvalue weighted by Gasteiger charge is 2.62. The highest BCUT2D eigenvalue weighted by molar-refractivity contribution is 9.10. The average molecular weight is 415 g/mol. The fourth-order valence-electron chi connectivity index (χ4n) is 3.23. The summed E-state index contributed by atoms with van der Waals surface area (Å²) in [6.45, 7) is 0.495. The lowest BCUT2D eigenvalue weighted by atomic mass is 9.89. The van der Waals surface area contributed by atoms with E-state index in [2.05, 4.69) is 21.2 Å². The SMILES string of the molecule is CC(=O)N[C@H]1[C@H](O)O[C@](Br)(CO)[C@@H](O)[C@@]1(O)n1ccc2ccccc21. The van der Waals surface area contributed by atoms with Crippen LogP contribution in [0.2, 0.25) is 0 Å². The van der Waals surface area contributed by atoms with Crippen molar-refractivity contribution in [3.63, 3.8) is 0 Å². The first kappa shape index (κ1) is 18.3. The summed E-state index contributed by atoms with van der Waals surface area (Å²) in [5.74, 6) is -0.527. The van der Waals surface area contributed by atoms with Crippen LogP contribution in [0.15, 0.2) is 36.5 Å². The molecule has 25 heavy (non-hydrogen) atoms. The number of para-hydroxylation sites is 1. The van der Waals surface area contributed by atoms with E-state index in [0.29, 0.717) is 5.52 Å². The molecule has 8 nitrogen and oxygen atoms in total. The molecule has 1 aliphatic rings. The molecule has 0 aliphatic carbocycles. The fourth-order valence-corrected chi connectivity index (χ4v) is 3.76. The van der Waals surface area contributed by atoms with Gasteiger partial charge in [0.15, 0.2) is 16.5 Å². The molecule has 1 saturated heterocycles. The summed E-state index contributed by atoms with van der Waals surface area (Å²) in [4.78, 5) is 11.6. The van der Waals surface area contributed by atoms with Gasteiger partial charge in [-0.05, 0) is 33.4 Å². The van der Waals surface area contributed by atoms with Gasteiger partial charge in [0.05, 0.1) is 12.1 Å². The molecule has 0 unspecified atom stereocenters. The number of aromatic nitrogens is 1. The number of hydrogen-bond donors (Lipinski definition) is 5. The molecule has 136 valence electrons. The Balaban J connectivity index is 2.22. The van der Waals surface area contributed by atoms with Crippen molar-refractivity contribution in [3.8, 4) is 0 Å². The minimum Gasteiger partial charge on any atom is -0.392 e. The average Bonchev–Trinajstić information content (AvgIpc) is 3.01. The van der Waals surface area contributed by atoms with Crippen molar-refractivity contribution in [1.29, 1.82) is 0 Å². The Morgan fingerprint density at radius 1 is 1.36 bits per heavy atom. The fraction of sp³-hybridized carbons (Fsp3) is 0.438. The van der Waals surface area contributed by atoms with Crippen molar-refractivity contribution < 1.29 is 30.0 Å². The summed E-state index contributed by atoms with van der Waals surface area (Å²) in [6, 6.07) is 7.46. The predicted molar refractivity (Wildman–Crippen MR) is 91.6 cm³/mol. The monoisotopic (exact) mass is 414 g/mol. The van der Waals surface area contributed by atoms with Crippen LogP contribution in [0.3, 0.4) is 0 Å². The molecule has 0 bridgehead atoms. The molecular formula is C16H19BrN2O6. The van der Waals surface area contributed by atoms with Crippen LogP contribution in [0.5, 0.6) is 0 Å². The minimum atomic E-state index is -2.20. The first-order chi connectivity index (χ1) is 11.7. The lowest BCUT2D eigenvalue weighted by Crippen LogP contribution is -2.74. The Bertz CT molecular complexity index is 798. The standard InChI is InChI=1S/C16H19BrN2O6/c1-9(21)18-12-13(22)25-15(17,8-20)14(23)16(12,24)19-7-6-10-4-2-3-5-11(10)19/h2-7,12-14,20,22-24H,8H2,1H3,(H,18,21)/t12-,13+,14+,15+,16+/m0/s1. The largest absolute Gasteiger partial charge is 0.392 e. The number of amides is 1. The molecule has 5 atom stereocenters. The highest BCUT2D eigenvalue weighted by Crippen LogP contribution is 2.43. The minimum absolute atomic E-state index is 0.527. The van der Waals surface area contributed by atoms with E-state index in [4.69, 9.17) is 4.74 Å². The molecule has 0 saturated carbocycles. The van der Waals surface area contributed by atoms with Gasteiger partial charge in [0, 0.05) is 13.1 Å². The summed E-state index contributed by atoms with van der Waals surface area (Å²) in [5.41, 5.74) is -1.63. The topological polar surface area (TPSA) is 124 Å². The van der Waals surface area contributed by atoms with Gasteiger partial charge in [-0.15, -0.1) is 0 Å². The number of fused-ring (bicyclic) bond motifs is 1. The van der Waals surface area contributed by atoms with Crippen LogP contribution in [0.25, 0.3) is 10.9 Å². The predicted octanol–water partition coefficient (Wildman–Crippen LogP) is -0.416. The van der Waals surface area contributed by atoms with Crippen LogP contribution in [-0.2, 0) is 15.3 Å². The zero-order valence-electron chi connectivity index (χ0n) is 13.3. The zero-order valence-corrected chi connectivity index (χ0v) is 14.9. The molecule has 1 amide bonds. The quantitative estimate of drug-likeness (QED) is 0.434. The van der Waals surface area contributed by atoms with Crippen LogP contribution in [-0.4, -0.2) is 60.5 Å². The van der Waals surface area contributed by atoms with E-state index in [1.165, 1.54) is 17.7 Å². The Kier molecular flexibility index (Phi) is 4.65. The molecular weight excluding hydrogens is 396 g/mol. The van der Waals surface area contributed by atoms with Crippen LogP contribution < -0.4 is 5.32 Å². The van der Waals surface area contributed by atoms with Gasteiger partial charge in [0.1, 0.15) is 12.1 Å². The number of alkyl halides is 1. The Hall–Kier alpha value is -1.49. The number of hydrogen-bond acceptors (Lipinski definition) is 6. The number of aliphatic hydroxyl groups is 4. The molecule has 0 spiro atoms. The van der Waals surface area contributed by atoms with Gasteiger partial charge in [-0.2, -0.15) is 0 Å². The number of nitrogens with zero attached hydrogens (tertiary/aromatic N) is 1. The Labute approximate surface area is 151 Å². The molecule has 0 radical (unpaired) electrons. The van der Waals surface area contributed by atoms with Crippen molar-refractivity contribution in [1.82, 2.24) is 9.88 Å². The van der Waals surface area contributed by atoms with Gasteiger partial charge in [-0.3, -0.25) is 4.79 Å². The van der Waals surface area contributed by atoms with E-state index in [9.17, 15) is 25.2 Å². The van der Waals surface area contributed by atoms with Crippen LogP contribution in [0, 0.1) is 0 Å². The normalized spacial score (nSPS) is 35.7. The second-order valence-electron chi connectivity index (χ2n) is 6.06. The first-order valence-electron chi connectivity index (χ1n) is 7.64. The van der Waals surface area contributed by atoms with Gasteiger partial charge in [0.2, 0.25) is 5.91 Å². The maximum Gasteiger partial charge on any atom is 0.217 e. The van der Waals surface area contributed by atoms with E-state index in [1.807, 2.05) is 12.1 Å². The van der Waals surface area contributed by atoms with E-state index in [-0.39, 0.29) is 0 Å². The lowest BCUT2D eigenvalue weighted by Gasteiger charge is -2.52. The number of halogens is 1. The molecule has 1 fully saturated rings. The number of rotatable bonds is 3. The summed E-state index contributed by atoms with van der Waals surface area (Å²) in [7, 11) is 0. The van der Waals surface area contributed by atoms with Crippen molar-refractivity contribution in [2.24, 2.45) is 0 Å². The molecule has 9 heteroatoms. The second-order valence-corrected chi connectivity index (χ2v) is 7.40. The number of ether oxygens (including phenoxy) is 1. The van der Waals surface area contributed by atoms with Gasteiger partial charge in [-0.1, -0.05) is 18.2 Å². The number of carbonyl (C=O) groups is 1. The van der Waals surface area contributed by atoms with Gasteiger partial charge >= 0.3 is 0 Å². The van der Waals surface area contributed by atoms with E-state index in [1.54, 1.807) is 18.2 Å². The zero-order chi connectivity index (χ0) is 18.4. The Morgan fingerprint density at radius 2 is 2.04 bits per heavy atom. The molecule has 2 heterocycles. The molecule has 2 aromatic rings. The summed E-state index contributed by atoms with van der Waals surface area (Å²) in [5, 5.41) is 45.4. The molecule has 3 rings (SSSR count). The Morgan fingerprint density at radius 3 is 2.68 bits per heavy atom. The van der Waals surface area contributed by atoms with Crippen LogP contribution in [0.4, 0.5) is 0 Å². The van der Waals surface area contributed by atoms with Crippen LogP contribution >= 0.6 is 15.9 Å². The van der Waals surface area contributed by atoms with Crippen LogP contribution in [0.1, 0.15) is 6.92 Å². The van der Waals surface area contributed by atoms with Gasteiger partial charge in [-0.25, -0.2) is 0 Å². The smallest absolute Gasteiger partial charge is 0.217 e. The second kappa shape index (κ2) is 6.35. The summed E-state index contributed by atoms with van der Waals surface area (Å²) in [6.07, 6.45) is -1.88. The first-order valence-corrected chi connectivity index (χ1v) is 8.43. The number of aliphatic hydroxyl groups excluding tert-OH is 3. The summed E-state index contributed by atoms with van der Waals surface area (Å²) >= 11 is 3.05. The van der Waals surface area contributed by atoms with E-state index in [0.717, 1.165) is 5.39 Å². The summed E-state index contributed by atoms with van der Waals surface area (Å²) < 4.78 is 4.77. The third-order valence-corrected chi connectivity index (χ3v) is 5.30. The van der Waals surface area contributed by atoms with Gasteiger partial charge < -0.3 is 35.0 Å². The number of carbonyl (C=O) groups excluding carboxylic acids is 1. The van der Waals surface area contributed by atoms with Crippen molar-refractivity contribution in [2.45, 2.75) is 35.6 Å². The van der Waals surface area contributed by atoms with Crippen molar-refractivity contribution >= 4 is 32.7 Å². The lowest BCUT2D eigenvalue weighted by molar-refractivity contribution is -0.321. The van der Waals surface area contributed by atoms with E-state index >= 15 is 0 Å². The van der Waals surface area contributed by atoms with Gasteiger partial charge in [0.25, 0.3) is 0 Å². The third-order valence-electron chi connectivity index (χ3n) is 4.43. The molecule has 5 N–H and O–H groups in total. The van der Waals surface area contributed by atoms with E-state index < -0.39 is 41.2 Å². The number of nitrogens with one attached hydrogen (secondary N) is 1. The highest BCUT2D eigenvalue weighted by atomic mass is 79.9.